The highest BCUT2D eigenvalue weighted by atomic mass is 35.5. The molecule has 21 heavy (non-hydrogen) atoms. The third kappa shape index (κ3) is 4.55. The Morgan fingerprint density at radius 2 is 2.00 bits per heavy atom. The van der Waals surface area contributed by atoms with Crippen LogP contribution in [-0.2, 0) is 6.42 Å². The molecule has 0 fully saturated rings. The fraction of sp³-hybridized carbons (Fsp3) is 0.333. The van der Waals surface area contributed by atoms with Gasteiger partial charge in [-0.05, 0) is 49.2 Å². The molecule has 0 spiro atoms. The van der Waals surface area contributed by atoms with Gasteiger partial charge in [0.05, 0.1) is 0 Å². The number of aryl methyl sites for hydroxylation is 1. The second kappa shape index (κ2) is 7.58. The molecular formula is C18H21ClFN. The van der Waals surface area contributed by atoms with Gasteiger partial charge >= 0.3 is 0 Å². The lowest BCUT2D eigenvalue weighted by molar-refractivity contribution is 0.588. The van der Waals surface area contributed by atoms with Crippen LogP contribution in [-0.4, -0.2) is 13.1 Å². The standard InChI is InChI=1S/C18H21ClFN/c1-3-21-12-16(14-6-4-5-13(2)9-14)10-15-11-17(20)7-8-18(15)19/h4-9,11,16,21H,3,10,12H2,1-2H3. The van der Waals surface area contributed by atoms with Gasteiger partial charge in [0.15, 0.2) is 0 Å². The summed E-state index contributed by atoms with van der Waals surface area (Å²) in [5.41, 5.74) is 3.36. The molecule has 1 nitrogen and oxygen atoms in total. The van der Waals surface area contributed by atoms with E-state index in [0.29, 0.717) is 5.02 Å². The number of rotatable bonds is 6. The molecule has 0 aliphatic rings. The predicted molar refractivity (Wildman–Crippen MR) is 87.6 cm³/mol. The van der Waals surface area contributed by atoms with Crippen molar-refractivity contribution >= 4 is 11.6 Å². The minimum atomic E-state index is -0.235. The second-order valence-electron chi connectivity index (χ2n) is 5.36. The number of benzene rings is 2. The fourth-order valence-electron chi connectivity index (χ4n) is 2.52. The molecule has 3 heteroatoms. The molecule has 2 rings (SSSR count). The van der Waals surface area contributed by atoms with E-state index in [9.17, 15) is 4.39 Å². The van der Waals surface area contributed by atoms with Crippen LogP contribution in [0.3, 0.4) is 0 Å². The molecule has 0 saturated carbocycles. The predicted octanol–water partition coefficient (Wildman–Crippen LogP) is 4.72. The van der Waals surface area contributed by atoms with E-state index in [0.717, 1.165) is 25.1 Å². The number of hydrogen-bond acceptors (Lipinski definition) is 1. The van der Waals surface area contributed by atoms with Crippen molar-refractivity contribution in [3.8, 4) is 0 Å². The Hall–Kier alpha value is -1.38. The van der Waals surface area contributed by atoms with Gasteiger partial charge in [0.25, 0.3) is 0 Å². The lowest BCUT2D eigenvalue weighted by Gasteiger charge is -2.19. The van der Waals surface area contributed by atoms with Crippen molar-refractivity contribution < 1.29 is 4.39 Å². The van der Waals surface area contributed by atoms with E-state index in [1.54, 1.807) is 6.07 Å². The summed E-state index contributed by atoms with van der Waals surface area (Å²) in [5, 5.41) is 4.01. The first-order valence-corrected chi connectivity index (χ1v) is 7.69. The third-order valence-corrected chi connectivity index (χ3v) is 4.00. The average molecular weight is 306 g/mol. The van der Waals surface area contributed by atoms with E-state index in [1.807, 2.05) is 0 Å². The molecule has 0 aliphatic carbocycles. The first kappa shape index (κ1) is 16.0. The van der Waals surface area contributed by atoms with Crippen molar-refractivity contribution in [3.63, 3.8) is 0 Å². The molecule has 0 saturated heterocycles. The van der Waals surface area contributed by atoms with E-state index in [2.05, 4.69) is 43.4 Å². The van der Waals surface area contributed by atoms with E-state index < -0.39 is 0 Å². The zero-order chi connectivity index (χ0) is 15.2. The van der Waals surface area contributed by atoms with Crippen LogP contribution in [0.4, 0.5) is 4.39 Å². The molecule has 1 unspecified atom stereocenters. The van der Waals surface area contributed by atoms with Crippen molar-refractivity contribution in [1.29, 1.82) is 0 Å². The normalized spacial score (nSPS) is 12.4. The highest BCUT2D eigenvalue weighted by Crippen LogP contribution is 2.26. The lowest BCUT2D eigenvalue weighted by atomic mass is 9.91. The molecule has 0 aliphatic heterocycles. The maximum Gasteiger partial charge on any atom is 0.123 e. The van der Waals surface area contributed by atoms with Gasteiger partial charge < -0.3 is 5.32 Å². The number of likely N-dealkylation sites (N-methyl/N-ethyl adjacent to an activating group) is 1. The van der Waals surface area contributed by atoms with Gasteiger partial charge in [-0.1, -0.05) is 48.4 Å². The Balaban J connectivity index is 2.25. The number of hydrogen-bond donors (Lipinski definition) is 1. The van der Waals surface area contributed by atoms with Crippen LogP contribution in [0.1, 0.15) is 29.5 Å². The Bertz CT molecular complexity index is 598. The molecule has 0 heterocycles. The van der Waals surface area contributed by atoms with Crippen LogP contribution < -0.4 is 5.32 Å². The highest BCUT2D eigenvalue weighted by molar-refractivity contribution is 6.31. The van der Waals surface area contributed by atoms with Gasteiger partial charge in [-0.25, -0.2) is 4.39 Å². The molecule has 0 aromatic heterocycles. The summed E-state index contributed by atoms with van der Waals surface area (Å²) in [6.45, 7) is 5.94. The first-order chi connectivity index (χ1) is 10.1. The second-order valence-corrected chi connectivity index (χ2v) is 5.77. The average Bonchev–Trinajstić information content (AvgIpc) is 2.47. The smallest absolute Gasteiger partial charge is 0.123 e. The van der Waals surface area contributed by atoms with Crippen LogP contribution in [0.25, 0.3) is 0 Å². The summed E-state index contributed by atoms with van der Waals surface area (Å²) in [5.74, 6) is 0.0463. The maximum atomic E-state index is 13.4. The zero-order valence-electron chi connectivity index (χ0n) is 12.5. The molecule has 2 aromatic rings. The van der Waals surface area contributed by atoms with Gasteiger partial charge in [-0.3, -0.25) is 0 Å². The van der Waals surface area contributed by atoms with E-state index in [-0.39, 0.29) is 11.7 Å². The van der Waals surface area contributed by atoms with Crippen molar-refractivity contribution in [3.05, 3.63) is 70.0 Å². The maximum absolute atomic E-state index is 13.4. The van der Waals surface area contributed by atoms with Crippen molar-refractivity contribution in [1.82, 2.24) is 5.32 Å². The summed E-state index contributed by atoms with van der Waals surface area (Å²) >= 11 is 6.21. The highest BCUT2D eigenvalue weighted by Gasteiger charge is 2.14. The monoisotopic (exact) mass is 305 g/mol. The molecule has 1 N–H and O–H groups in total. The molecule has 0 radical (unpaired) electrons. The van der Waals surface area contributed by atoms with Gasteiger partial charge in [-0.15, -0.1) is 0 Å². The zero-order valence-corrected chi connectivity index (χ0v) is 13.3. The molecule has 0 amide bonds. The SMILES string of the molecule is CCNCC(Cc1cc(F)ccc1Cl)c1cccc(C)c1. The van der Waals surface area contributed by atoms with Crippen LogP contribution in [0.5, 0.6) is 0 Å². The Labute approximate surface area is 131 Å². The van der Waals surface area contributed by atoms with E-state index in [4.69, 9.17) is 11.6 Å². The summed E-state index contributed by atoms with van der Waals surface area (Å²) in [7, 11) is 0. The molecule has 0 bridgehead atoms. The van der Waals surface area contributed by atoms with Crippen molar-refractivity contribution in [2.75, 3.05) is 13.1 Å². The van der Waals surface area contributed by atoms with Crippen LogP contribution in [0, 0.1) is 12.7 Å². The largest absolute Gasteiger partial charge is 0.316 e. The Kier molecular flexibility index (Phi) is 5.77. The van der Waals surface area contributed by atoms with E-state index >= 15 is 0 Å². The number of nitrogens with one attached hydrogen (secondary N) is 1. The topological polar surface area (TPSA) is 12.0 Å². The van der Waals surface area contributed by atoms with Crippen LogP contribution >= 0.6 is 11.6 Å². The fourth-order valence-corrected chi connectivity index (χ4v) is 2.71. The number of halogens is 2. The Morgan fingerprint density at radius 1 is 1.19 bits per heavy atom. The van der Waals surface area contributed by atoms with Gasteiger partial charge in [0, 0.05) is 17.5 Å². The van der Waals surface area contributed by atoms with Gasteiger partial charge in [-0.2, -0.15) is 0 Å². The third-order valence-electron chi connectivity index (χ3n) is 3.63. The van der Waals surface area contributed by atoms with Crippen molar-refractivity contribution in [2.24, 2.45) is 0 Å². The van der Waals surface area contributed by atoms with Gasteiger partial charge in [0.1, 0.15) is 5.82 Å². The Morgan fingerprint density at radius 3 is 2.71 bits per heavy atom. The van der Waals surface area contributed by atoms with Crippen LogP contribution in [0.2, 0.25) is 5.02 Å². The lowest BCUT2D eigenvalue weighted by Crippen LogP contribution is -2.23. The van der Waals surface area contributed by atoms with Gasteiger partial charge in [0.2, 0.25) is 0 Å². The molecule has 112 valence electrons. The first-order valence-electron chi connectivity index (χ1n) is 7.31. The quantitative estimate of drug-likeness (QED) is 0.814. The summed E-state index contributed by atoms with van der Waals surface area (Å²) in [4.78, 5) is 0. The summed E-state index contributed by atoms with van der Waals surface area (Å²) in [6, 6.07) is 13.0. The molecule has 2 aromatic carbocycles. The summed E-state index contributed by atoms with van der Waals surface area (Å²) < 4.78 is 13.4. The van der Waals surface area contributed by atoms with Crippen molar-refractivity contribution in [2.45, 2.75) is 26.2 Å². The molecule has 1 atom stereocenters. The van der Waals surface area contributed by atoms with E-state index in [1.165, 1.54) is 23.3 Å². The van der Waals surface area contributed by atoms with Crippen LogP contribution in [0.15, 0.2) is 42.5 Å². The summed E-state index contributed by atoms with van der Waals surface area (Å²) in [6.07, 6.45) is 0.729. The minimum Gasteiger partial charge on any atom is -0.316 e. The molecular weight excluding hydrogens is 285 g/mol. The minimum absolute atomic E-state index is 0.235.